The Morgan fingerprint density at radius 2 is 2.22 bits per heavy atom. The Balaban J connectivity index is 2.94. The topological polar surface area (TPSA) is 0 Å². The average Bonchev–Trinajstić information content (AvgIpc) is 1.88. The van der Waals surface area contributed by atoms with E-state index in [4.69, 9.17) is 0 Å². The third-order valence-corrected chi connectivity index (χ3v) is 1.56. The molecular formula is C7H9BF-. The zero-order chi connectivity index (χ0) is 6.69. The Kier molecular flexibility index (Phi) is 1.88. The van der Waals surface area contributed by atoms with E-state index in [1.807, 2.05) is 6.07 Å². The maximum Gasteiger partial charge on any atom is 0.120 e. The van der Waals surface area contributed by atoms with E-state index in [2.05, 4.69) is 6.82 Å². The fraction of sp³-hybridized carbons (Fsp3) is 0.143. The Bertz CT molecular complexity index is 198. The monoisotopic (exact) mass is 123 g/mol. The van der Waals surface area contributed by atoms with Gasteiger partial charge in [0.2, 0.25) is 0 Å². The second-order valence-electron chi connectivity index (χ2n) is 2.30. The second kappa shape index (κ2) is 2.67. The van der Waals surface area contributed by atoms with Gasteiger partial charge in [-0.25, -0.2) is 9.85 Å². The van der Waals surface area contributed by atoms with Gasteiger partial charge in [-0.3, -0.25) is 0 Å². The molecule has 48 valence electrons. The zero-order valence-electron chi connectivity index (χ0n) is 5.69. The summed E-state index contributed by atoms with van der Waals surface area (Å²) in [5.41, 5.74) is 1.18. The van der Waals surface area contributed by atoms with Gasteiger partial charge in [-0.15, -0.1) is 0 Å². The predicted molar refractivity (Wildman–Crippen MR) is 40.4 cm³/mol. The highest BCUT2D eigenvalue weighted by molar-refractivity contribution is 6.51. The third-order valence-electron chi connectivity index (χ3n) is 1.56. The summed E-state index contributed by atoms with van der Waals surface area (Å²) >= 11 is 0. The Morgan fingerprint density at radius 3 is 2.67 bits per heavy atom. The Hall–Kier alpha value is -0.785. The van der Waals surface area contributed by atoms with Gasteiger partial charge in [0.1, 0.15) is 5.82 Å². The molecule has 0 aliphatic heterocycles. The molecule has 0 aliphatic rings. The van der Waals surface area contributed by atoms with E-state index in [1.165, 1.54) is 11.5 Å². The van der Waals surface area contributed by atoms with Crippen LogP contribution in [0.5, 0.6) is 0 Å². The van der Waals surface area contributed by atoms with Crippen molar-refractivity contribution in [1.82, 2.24) is 0 Å². The first-order valence-corrected chi connectivity index (χ1v) is 3.51. The van der Waals surface area contributed by atoms with Gasteiger partial charge in [0.25, 0.3) is 0 Å². The van der Waals surface area contributed by atoms with Crippen LogP contribution in [0.25, 0.3) is 0 Å². The smallest absolute Gasteiger partial charge is 0.120 e. The van der Waals surface area contributed by atoms with Gasteiger partial charge in [0.05, 0.1) is 0 Å². The van der Waals surface area contributed by atoms with Crippen LogP contribution in [-0.4, -0.2) is 7.28 Å². The lowest BCUT2D eigenvalue weighted by Gasteiger charge is -1.98. The summed E-state index contributed by atoms with van der Waals surface area (Å²) in [7, 11) is -0.0631. The number of rotatable bonds is 1. The molecule has 1 aromatic carbocycles. The predicted octanol–water partition coefficient (Wildman–Crippen LogP) is 0.668. The summed E-state index contributed by atoms with van der Waals surface area (Å²) in [6.45, 7) is 2.13. The first-order chi connectivity index (χ1) is 4.33. The maximum atomic E-state index is 12.4. The molecule has 0 nitrogen and oxygen atoms in total. The average molecular weight is 123 g/mol. The fourth-order valence-electron chi connectivity index (χ4n) is 0.917. The molecule has 0 heterocycles. The third kappa shape index (κ3) is 1.56. The molecule has 1 rings (SSSR count). The van der Waals surface area contributed by atoms with Crippen LogP contribution >= 0.6 is 0 Å². The molecule has 0 atom stereocenters. The number of benzene rings is 1. The van der Waals surface area contributed by atoms with Crippen molar-refractivity contribution in [3.8, 4) is 0 Å². The number of hydrogen-bond donors (Lipinski definition) is 0. The van der Waals surface area contributed by atoms with Crippen LogP contribution in [-0.2, 0) is 0 Å². The van der Waals surface area contributed by atoms with Gasteiger partial charge in [0.15, 0.2) is 0 Å². The van der Waals surface area contributed by atoms with E-state index in [-0.39, 0.29) is 13.1 Å². The van der Waals surface area contributed by atoms with Crippen LogP contribution in [0, 0.1) is 5.82 Å². The lowest BCUT2D eigenvalue weighted by molar-refractivity contribution is 0.629. The van der Waals surface area contributed by atoms with Crippen molar-refractivity contribution >= 4 is 12.7 Å². The highest BCUT2D eigenvalue weighted by atomic mass is 19.1. The summed E-state index contributed by atoms with van der Waals surface area (Å²) in [5.74, 6) is -0.113. The first-order valence-electron chi connectivity index (χ1n) is 3.51. The lowest BCUT2D eigenvalue weighted by Crippen LogP contribution is -2.09. The minimum absolute atomic E-state index is 0.0631. The van der Waals surface area contributed by atoms with Gasteiger partial charge >= 0.3 is 0 Å². The highest BCUT2D eigenvalue weighted by Gasteiger charge is 1.84. The van der Waals surface area contributed by atoms with E-state index in [0.717, 1.165) is 0 Å². The summed E-state index contributed by atoms with van der Waals surface area (Å²) in [4.78, 5) is 0. The molecule has 0 radical (unpaired) electrons. The van der Waals surface area contributed by atoms with Crippen molar-refractivity contribution in [2.24, 2.45) is 0 Å². The van der Waals surface area contributed by atoms with Crippen LogP contribution in [0.2, 0.25) is 6.82 Å². The second-order valence-corrected chi connectivity index (χ2v) is 2.30. The van der Waals surface area contributed by atoms with Gasteiger partial charge < -0.3 is 0 Å². The van der Waals surface area contributed by atoms with E-state index < -0.39 is 0 Å². The normalized spacial score (nSPS) is 9.56. The van der Waals surface area contributed by atoms with Crippen LogP contribution < -0.4 is 5.46 Å². The Morgan fingerprint density at radius 1 is 1.44 bits per heavy atom. The molecule has 0 aromatic heterocycles. The van der Waals surface area contributed by atoms with Crippen LogP contribution in [0.4, 0.5) is 4.39 Å². The summed E-state index contributed by atoms with van der Waals surface area (Å²) in [6.07, 6.45) is 0. The molecule has 0 N–H and O–H groups in total. The summed E-state index contributed by atoms with van der Waals surface area (Å²) < 4.78 is 12.4. The van der Waals surface area contributed by atoms with Crippen LogP contribution in [0.3, 0.4) is 0 Å². The zero-order valence-corrected chi connectivity index (χ0v) is 5.69. The highest BCUT2D eigenvalue weighted by Crippen LogP contribution is 1.90. The molecule has 0 saturated heterocycles. The molecule has 2 heteroatoms. The van der Waals surface area contributed by atoms with Crippen molar-refractivity contribution < 1.29 is 4.39 Å². The van der Waals surface area contributed by atoms with E-state index in [0.29, 0.717) is 0 Å². The molecule has 0 spiro atoms. The van der Waals surface area contributed by atoms with Crippen molar-refractivity contribution in [2.75, 3.05) is 0 Å². The minimum Gasteiger partial charge on any atom is -0.215 e. The van der Waals surface area contributed by atoms with E-state index in [1.54, 1.807) is 12.1 Å². The van der Waals surface area contributed by atoms with Gasteiger partial charge in [0, 0.05) is 0 Å². The summed E-state index contributed by atoms with van der Waals surface area (Å²) in [6, 6.07) is 6.83. The molecule has 0 aliphatic carbocycles. The summed E-state index contributed by atoms with van der Waals surface area (Å²) in [5, 5.41) is 0. The standard InChI is InChI=1S/C7H9BF/c1-8-6-3-2-4-7(9)5-6/h2-5H,8H2,1H3/q-1. The van der Waals surface area contributed by atoms with Crippen LogP contribution in [0.15, 0.2) is 24.3 Å². The van der Waals surface area contributed by atoms with Gasteiger partial charge in [-0.1, -0.05) is 18.2 Å². The molecule has 9 heavy (non-hydrogen) atoms. The fourth-order valence-corrected chi connectivity index (χ4v) is 0.917. The van der Waals surface area contributed by atoms with E-state index >= 15 is 0 Å². The molecule has 1 aromatic rings. The molecular weight excluding hydrogens is 114 g/mol. The Labute approximate surface area is 54.9 Å². The maximum absolute atomic E-state index is 12.4. The molecule has 0 saturated carbocycles. The van der Waals surface area contributed by atoms with Crippen LogP contribution in [0.1, 0.15) is 0 Å². The quantitative estimate of drug-likeness (QED) is 0.481. The van der Waals surface area contributed by atoms with E-state index in [9.17, 15) is 4.39 Å². The molecule has 0 fully saturated rings. The molecule has 0 unspecified atom stereocenters. The number of halogens is 1. The largest absolute Gasteiger partial charge is 0.215 e. The van der Waals surface area contributed by atoms with Gasteiger partial charge in [-0.2, -0.15) is 6.82 Å². The lowest BCUT2D eigenvalue weighted by atomic mass is 9.73. The van der Waals surface area contributed by atoms with Crippen molar-refractivity contribution in [3.63, 3.8) is 0 Å². The molecule has 0 amide bonds. The van der Waals surface area contributed by atoms with Crippen molar-refractivity contribution in [2.45, 2.75) is 6.82 Å². The minimum atomic E-state index is -0.113. The van der Waals surface area contributed by atoms with Gasteiger partial charge in [-0.05, 0) is 13.3 Å². The first kappa shape index (κ1) is 6.34. The number of hydrogen-bond acceptors (Lipinski definition) is 0. The van der Waals surface area contributed by atoms with Crippen molar-refractivity contribution in [3.05, 3.63) is 30.1 Å². The van der Waals surface area contributed by atoms with Crippen molar-refractivity contribution in [1.29, 1.82) is 0 Å². The molecule has 0 bridgehead atoms. The SMILES string of the molecule is C[BH2-]c1cccc(F)c1.